The first kappa shape index (κ1) is 13.0. The third kappa shape index (κ3) is 2.21. The van der Waals surface area contributed by atoms with Crippen molar-refractivity contribution in [3.05, 3.63) is 33.9 Å². The number of benzene rings is 1. The highest BCUT2D eigenvalue weighted by atomic mass is 19.4. The second-order valence-electron chi connectivity index (χ2n) is 4.18. The van der Waals surface area contributed by atoms with Crippen LogP contribution in [-0.2, 0) is 0 Å². The molecule has 0 aromatic heterocycles. The number of rotatable bonds is 1. The Kier molecular flexibility index (Phi) is 3.33. The molecule has 0 saturated heterocycles. The number of nitrogens with two attached hydrogens (primary N) is 1. The molecule has 0 spiro atoms. The van der Waals surface area contributed by atoms with Crippen LogP contribution in [0.5, 0.6) is 0 Å². The summed E-state index contributed by atoms with van der Waals surface area (Å²) in [7, 11) is 0. The molecule has 90 valence electrons. The van der Waals surface area contributed by atoms with E-state index in [1.807, 2.05) is 13.8 Å². The highest BCUT2D eigenvalue weighted by Crippen LogP contribution is 2.34. The predicted octanol–water partition coefficient (Wildman–Crippen LogP) is 3.48. The van der Waals surface area contributed by atoms with E-state index in [9.17, 15) is 13.2 Å². The Morgan fingerprint density at radius 3 is 1.94 bits per heavy atom. The maximum atomic E-state index is 12.6. The van der Waals surface area contributed by atoms with Crippen molar-refractivity contribution in [2.24, 2.45) is 5.73 Å². The summed E-state index contributed by atoms with van der Waals surface area (Å²) in [5, 5.41) is 0. The molecular formula is C12H16F3N. The van der Waals surface area contributed by atoms with Crippen LogP contribution >= 0.6 is 0 Å². The van der Waals surface area contributed by atoms with Gasteiger partial charge in [-0.05, 0) is 55.5 Å². The molecule has 0 radical (unpaired) electrons. The molecule has 0 amide bonds. The predicted molar refractivity (Wildman–Crippen MR) is 58.4 cm³/mol. The molecule has 1 nitrogen and oxygen atoms in total. The SMILES string of the molecule is Cc1cc(C(N)C(F)(F)F)c(C)c(C)c1C. The average Bonchev–Trinajstić information content (AvgIpc) is 2.18. The summed E-state index contributed by atoms with van der Waals surface area (Å²) in [5.41, 5.74) is 8.80. The minimum Gasteiger partial charge on any atom is -0.316 e. The van der Waals surface area contributed by atoms with Gasteiger partial charge in [0.1, 0.15) is 6.04 Å². The number of aryl methyl sites for hydroxylation is 1. The van der Waals surface area contributed by atoms with E-state index in [0.29, 0.717) is 5.56 Å². The highest BCUT2D eigenvalue weighted by Gasteiger charge is 2.38. The standard InChI is InChI=1S/C12H16F3N/c1-6-5-10(11(16)12(13,14)15)9(4)8(3)7(6)2/h5,11H,16H2,1-4H3. The van der Waals surface area contributed by atoms with Crippen LogP contribution in [0.4, 0.5) is 13.2 Å². The van der Waals surface area contributed by atoms with Crippen LogP contribution in [0.25, 0.3) is 0 Å². The van der Waals surface area contributed by atoms with E-state index in [1.165, 1.54) is 6.07 Å². The quantitative estimate of drug-likeness (QED) is 0.786. The summed E-state index contributed by atoms with van der Waals surface area (Å²) in [5.74, 6) is 0. The normalized spacial score (nSPS) is 14.0. The van der Waals surface area contributed by atoms with Crippen LogP contribution in [-0.4, -0.2) is 6.18 Å². The molecular weight excluding hydrogens is 215 g/mol. The van der Waals surface area contributed by atoms with Crippen molar-refractivity contribution in [3.63, 3.8) is 0 Å². The van der Waals surface area contributed by atoms with Crippen molar-refractivity contribution >= 4 is 0 Å². The maximum Gasteiger partial charge on any atom is 0.407 e. The van der Waals surface area contributed by atoms with E-state index in [-0.39, 0.29) is 5.56 Å². The van der Waals surface area contributed by atoms with Gasteiger partial charge in [-0.15, -0.1) is 0 Å². The summed E-state index contributed by atoms with van der Waals surface area (Å²) in [6.07, 6.45) is -4.39. The molecule has 0 bridgehead atoms. The Morgan fingerprint density at radius 1 is 1.00 bits per heavy atom. The molecule has 16 heavy (non-hydrogen) atoms. The second-order valence-corrected chi connectivity index (χ2v) is 4.18. The molecule has 1 aromatic carbocycles. The van der Waals surface area contributed by atoms with Crippen molar-refractivity contribution in [1.82, 2.24) is 0 Å². The number of hydrogen-bond donors (Lipinski definition) is 1. The van der Waals surface area contributed by atoms with E-state index in [4.69, 9.17) is 5.73 Å². The average molecular weight is 231 g/mol. The third-order valence-corrected chi connectivity index (χ3v) is 3.21. The first-order valence-electron chi connectivity index (χ1n) is 5.05. The monoisotopic (exact) mass is 231 g/mol. The van der Waals surface area contributed by atoms with Gasteiger partial charge in [0.25, 0.3) is 0 Å². The zero-order chi connectivity index (χ0) is 12.7. The van der Waals surface area contributed by atoms with E-state index in [0.717, 1.165) is 16.7 Å². The lowest BCUT2D eigenvalue weighted by atomic mass is 9.91. The summed E-state index contributed by atoms with van der Waals surface area (Å²) in [4.78, 5) is 0. The van der Waals surface area contributed by atoms with E-state index < -0.39 is 12.2 Å². The molecule has 2 N–H and O–H groups in total. The second kappa shape index (κ2) is 4.09. The van der Waals surface area contributed by atoms with E-state index in [1.54, 1.807) is 13.8 Å². The van der Waals surface area contributed by atoms with Crippen molar-refractivity contribution in [3.8, 4) is 0 Å². The molecule has 1 atom stereocenters. The molecule has 4 heteroatoms. The van der Waals surface area contributed by atoms with Crippen molar-refractivity contribution in [2.45, 2.75) is 39.9 Å². The molecule has 1 unspecified atom stereocenters. The van der Waals surface area contributed by atoms with Gasteiger partial charge >= 0.3 is 6.18 Å². The minimum atomic E-state index is -4.39. The lowest BCUT2D eigenvalue weighted by molar-refractivity contribution is -0.149. The molecule has 1 aromatic rings. The summed E-state index contributed by atoms with van der Waals surface area (Å²) < 4.78 is 37.7. The number of halogens is 3. The summed E-state index contributed by atoms with van der Waals surface area (Å²) in [6, 6.07) is -0.360. The largest absolute Gasteiger partial charge is 0.407 e. The van der Waals surface area contributed by atoms with Gasteiger partial charge in [0.05, 0.1) is 0 Å². The zero-order valence-corrected chi connectivity index (χ0v) is 9.87. The molecule has 0 aliphatic rings. The Morgan fingerprint density at radius 2 is 1.50 bits per heavy atom. The lowest BCUT2D eigenvalue weighted by Crippen LogP contribution is -2.29. The molecule has 0 saturated carbocycles. The van der Waals surface area contributed by atoms with Gasteiger partial charge in [0.15, 0.2) is 0 Å². The molecule has 0 heterocycles. The van der Waals surface area contributed by atoms with Gasteiger partial charge in [0.2, 0.25) is 0 Å². The smallest absolute Gasteiger partial charge is 0.316 e. The van der Waals surface area contributed by atoms with Crippen LogP contribution in [0.3, 0.4) is 0 Å². The van der Waals surface area contributed by atoms with Gasteiger partial charge in [-0.25, -0.2) is 0 Å². The van der Waals surface area contributed by atoms with Gasteiger partial charge in [-0.3, -0.25) is 0 Å². The van der Waals surface area contributed by atoms with Crippen molar-refractivity contribution in [1.29, 1.82) is 0 Å². The van der Waals surface area contributed by atoms with Crippen LogP contribution in [0.2, 0.25) is 0 Å². The van der Waals surface area contributed by atoms with Crippen molar-refractivity contribution in [2.75, 3.05) is 0 Å². The third-order valence-electron chi connectivity index (χ3n) is 3.21. The maximum absolute atomic E-state index is 12.6. The lowest BCUT2D eigenvalue weighted by Gasteiger charge is -2.21. The topological polar surface area (TPSA) is 26.0 Å². The summed E-state index contributed by atoms with van der Waals surface area (Å²) in [6.45, 7) is 7.21. The number of hydrogen-bond acceptors (Lipinski definition) is 1. The Bertz CT molecular complexity index is 408. The van der Waals surface area contributed by atoms with Crippen LogP contribution in [0.15, 0.2) is 6.07 Å². The van der Waals surface area contributed by atoms with Gasteiger partial charge in [-0.1, -0.05) is 6.07 Å². The van der Waals surface area contributed by atoms with Crippen molar-refractivity contribution < 1.29 is 13.2 Å². The van der Waals surface area contributed by atoms with E-state index >= 15 is 0 Å². The van der Waals surface area contributed by atoms with Gasteiger partial charge in [0, 0.05) is 0 Å². The fourth-order valence-corrected chi connectivity index (χ4v) is 1.74. The zero-order valence-electron chi connectivity index (χ0n) is 9.87. The van der Waals surface area contributed by atoms with Gasteiger partial charge < -0.3 is 5.73 Å². The Hall–Kier alpha value is -1.03. The van der Waals surface area contributed by atoms with Crippen LogP contribution in [0, 0.1) is 27.7 Å². The first-order valence-corrected chi connectivity index (χ1v) is 5.05. The van der Waals surface area contributed by atoms with E-state index in [2.05, 4.69) is 0 Å². The highest BCUT2D eigenvalue weighted by molar-refractivity contribution is 5.45. The first-order chi connectivity index (χ1) is 7.16. The van der Waals surface area contributed by atoms with Gasteiger partial charge in [-0.2, -0.15) is 13.2 Å². The van der Waals surface area contributed by atoms with Crippen LogP contribution in [0.1, 0.15) is 33.9 Å². The molecule has 1 rings (SSSR count). The molecule has 0 aliphatic carbocycles. The Labute approximate surface area is 93.5 Å². The molecule has 0 fully saturated rings. The fourth-order valence-electron chi connectivity index (χ4n) is 1.74. The van der Waals surface area contributed by atoms with Crippen LogP contribution < -0.4 is 5.73 Å². The minimum absolute atomic E-state index is 0.174. The summed E-state index contributed by atoms with van der Waals surface area (Å²) >= 11 is 0. The Balaban J connectivity index is 3.36. The molecule has 0 aliphatic heterocycles. The fraction of sp³-hybridized carbons (Fsp3) is 0.500. The number of alkyl halides is 3.